The maximum atomic E-state index is 5.69. The molecule has 2 aromatic carbocycles. The summed E-state index contributed by atoms with van der Waals surface area (Å²) >= 11 is 1.49. The number of benzene rings is 2. The van der Waals surface area contributed by atoms with Crippen LogP contribution in [0.4, 0.5) is 5.13 Å². The molecule has 146 valence electrons. The second-order valence-corrected chi connectivity index (χ2v) is 6.56. The molecule has 0 aliphatic carbocycles. The summed E-state index contributed by atoms with van der Waals surface area (Å²) in [6.07, 6.45) is 1.72. The summed E-state index contributed by atoms with van der Waals surface area (Å²) in [4.78, 5) is 4.57. The van der Waals surface area contributed by atoms with Crippen LogP contribution in [0.3, 0.4) is 0 Å². The molecule has 1 N–H and O–H groups in total. The molecule has 0 spiro atoms. The minimum atomic E-state index is 0.571. The first kappa shape index (κ1) is 19.7. The number of ether oxygens (including phenoxy) is 3. The molecule has 0 saturated heterocycles. The highest BCUT2D eigenvalue weighted by molar-refractivity contribution is 7.14. The van der Waals surface area contributed by atoms with E-state index in [-0.39, 0.29) is 0 Å². The minimum Gasteiger partial charge on any atom is -0.497 e. The zero-order valence-electron chi connectivity index (χ0n) is 16.1. The van der Waals surface area contributed by atoms with Gasteiger partial charge in [-0.2, -0.15) is 5.10 Å². The van der Waals surface area contributed by atoms with Gasteiger partial charge >= 0.3 is 0 Å². The highest BCUT2D eigenvalue weighted by atomic mass is 32.1. The molecule has 0 atom stereocenters. The van der Waals surface area contributed by atoms with Gasteiger partial charge in [0.05, 0.1) is 32.2 Å². The van der Waals surface area contributed by atoms with Crippen molar-refractivity contribution in [2.45, 2.75) is 13.8 Å². The van der Waals surface area contributed by atoms with E-state index < -0.39 is 0 Å². The quantitative estimate of drug-likeness (QED) is 0.404. The summed E-state index contributed by atoms with van der Waals surface area (Å²) in [5, 5.41) is 7.00. The van der Waals surface area contributed by atoms with Gasteiger partial charge < -0.3 is 14.2 Å². The topological polar surface area (TPSA) is 65.0 Å². The summed E-state index contributed by atoms with van der Waals surface area (Å²) in [5.41, 5.74) is 5.76. The van der Waals surface area contributed by atoms with Gasteiger partial charge in [0.1, 0.15) is 17.2 Å². The largest absolute Gasteiger partial charge is 0.497 e. The van der Waals surface area contributed by atoms with E-state index >= 15 is 0 Å². The lowest BCUT2D eigenvalue weighted by Gasteiger charge is -2.09. The molecule has 1 heterocycles. The number of nitrogens with zero attached hydrogens (tertiary/aromatic N) is 2. The van der Waals surface area contributed by atoms with Gasteiger partial charge in [-0.25, -0.2) is 4.98 Å². The Balaban J connectivity index is 1.68. The molecule has 0 aliphatic rings. The Morgan fingerprint density at radius 2 is 1.79 bits per heavy atom. The average molecular weight is 398 g/mol. The first-order valence-electron chi connectivity index (χ1n) is 9.02. The number of anilines is 1. The van der Waals surface area contributed by atoms with Crippen molar-refractivity contribution in [3.05, 3.63) is 53.4 Å². The maximum Gasteiger partial charge on any atom is 0.203 e. The zero-order chi connectivity index (χ0) is 19.8. The second kappa shape index (κ2) is 9.75. The predicted molar refractivity (Wildman–Crippen MR) is 114 cm³/mol. The second-order valence-electron chi connectivity index (χ2n) is 5.70. The fourth-order valence-corrected chi connectivity index (χ4v) is 3.20. The van der Waals surface area contributed by atoms with Gasteiger partial charge in [-0.05, 0) is 50.2 Å². The summed E-state index contributed by atoms with van der Waals surface area (Å²) in [6, 6.07) is 13.5. The molecular formula is C21H23N3O3S. The van der Waals surface area contributed by atoms with Crippen LogP contribution in [-0.4, -0.2) is 31.5 Å². The summed E-state index contributed by atoms with van der Waals surface area (Å²) in [5.74, 6) is 2.33. The Morgan fingerprint density at radius 3 is 2.50 bits per heavy atom. The lowest BCUT2D eigenvalue weighted by molar-refractivity contribution is 0.323. The first-order chi connectivity index (χ1) is 13.7. The van der Waals surface area contributed by atoms with Gasteiger partial charge in [-0.15, -0.1) is 11.3 Å². The monoisotopic (exact) mass is 397 g/mol. The van der Waals surface area contributed by atoms with E-state index in [9.17, 15) is 0 Å². The summed E-state index contributed by atoms with van der Waals surface area (Å²) in [7, 11) is 1.65. The van der Waals surface area contributed by atoms with Crippen molar-refractivity contribution in [1.29, 1.82) is 0 Å². The molecular weight excluding hydrogens is 374 g/mol. The van der Waals surface area contributed by atoms with Crippen LogP contribution in [-0.2, 0) is 0 Å². The lowest BCUT2D eigenvalue weighted by atomic mass is 10.2. The van der Waals surface area contributed by atoms with Crippen molar-refractivity contribution < 1.29 is 14.2 Å². The fraction of sp³-hybridized carbons (Fsp3) is 0.238. The third kappa shape index (κ3) is 5.01. The fourth-order valence-electron chi connectivity index (χ4n) is 2.53. The van der Waals surface area contributed by atoms with Crippen LogP contribution in [0.25, 0.3) is 11.3 Å². The van der Waals surface area contributed by atoms with E-state index in [1.807, 2.05) is 61.7 Å². The van der Waals surface area contributed by atoms with E-state index in [0.717, 1.165) is 34.1 Å². The van der Waals surface area contributed by atoms with Crippen molar-refractivity contribution in [2.24, 2.45) is 5.10 Å². The SMILES string of the molecule is CCOc1ccc(/C=N\Nc2nc(-c3ccc(OC)cc3)cs2)c(OCC)c1. The highest BCUT2D eigenvalue weighted by Crippen LogP contribution is 2.27. The number of methoxy groups -OCH3 is 1. The minimum absolute atomic E-state index is 0.571. The Bertz CT molecular complexity index is 923. The molecule has 0 unspecified atom stereocenters. The third-order valence-corrected chi connectivity index (χ3v) is 4.60. The lowest BCUT2D eigenvalue weighted by Crippen LogP contribution is -1.99. The maximum absolute atomic E-state index is 5.69. The molecule has 0 bridgehead atoms. The molecule has 28 heavy (non-hydrogen) atoms. The summed E-state index contributed by atoms with van der Waals surface area (Å²) in [6.45, 7) is 5.08. The van der Waals surface area contributed by atoms with Crippen molar-refractivity contribution >= 4 is 22.7 Å². The van der Waals surface area contributed by atoms with E-state index in [4.69, 9.17) is 14.2 Å². The van der Waals surface area contributed by atoms with Gasteiger partial charge in [0, 0.05) is 22.6 Å². The smallest absolute Gasteiger partial charge is 0.203 e. The number of thiazole rings is 1. The van der Waals surface area contributed by atoms with Crippen molar-refractivity contribution in [3.8, 4) is 28.5 Å². The molecule has 0 amide bonds. The molecule has 3 rings (SSSR count). The van der Waals surface area contributed by atoms with Crippen molar-refractivity contribution in [2.75, 3.05) is 25.7 Å². The van der Waals surface area contributed by atoms with Crippen molar-refractivity contribution in [1.82, 2.24) is 4.98 Å². The number of rotatable bonds is 9. The van der Waals surface area contributed by atoms with E-state index in [2.05, 4.69) is 15.5 Å². The van der Waals surface area contributed by atoms with Crippen LogP contribution in [0.2, 0.25) is 0 Å². The molecule has 0 radical (unpaired) electrons. The Morgan fingerprint density at radius 1 is 1.04 bits per heavy atom. The Labute approximate surface area is 168 Å². The third-order valence-electron chi connectivity index (χ3n) is 3.85. The molecule has 0 saturated carbocycles. The number of hydrogen-bond donors (Lipinski definition) is 1. The Kier molecular flexibility index (Phi) is 6.86. The van der Waals surface area contributed by atoms with Gasteiger partial charge in [0.25, 0.3) is 0 Å². The number of nitrogens with one attached hydrogen (secondary N) is 1. The normalized spacial score (nSPS) is 10.8. The molecule has 0 fully saturated rings. The van der Waals surface area contributed by atoms with Gasteiger partial charge in [-0.1, -0.05) is 0 Å². The van der Waals surface area contributed by atoms with E-state index in [1.165, 1.54) is 11.3 Å². The van der Waals surface area contributed by atoms with Crippen LogP contribution in [0, 0.1) is 0 Å². The average Bonchev–Trinajstić information content (AvgIpc) is 3.19. The number of aromatic nitrogens is 1. The molecule has 7 heteroatoms. The van der Waals surface area contributed by atoms with Gasteiger partial charge in [0.15, 0.2) is 0 Å². The molecule has 6 nitrogen and oxygen atoms in total. The first-order valence-corrected chi connectivity index (χ1v) is 9.90. The van der Waals surface area contributed by atoms with Crippen LogP contribution in [0.1, 0.15) is 19.4 Å². The van der Waals surface area contributed by atoms with Crippen molar-refractivity contribution in [3.63, 3.8) is 0 Å². The standard InChI is InChI=1S/C21H23N3O3S/c1-4-26-18-11-8-16(20(12-18)27-5-2)13-22-24-21-23-19(14-28-21)15-6-9-17(25-3)10-7-15/h6-14H,4-5H2,1-3H3,(H,23,24)/b22-13-. The predicted octanol–water partition coefficient (Wildman–Crippen LogP) is 5.06. The van der Waals surface area contributed by atoms with Crippen LogP contribution < -0.4 is 19.6 Å². The van der Waals surface area contributed by atoms with Gasteiger partial charge in [0.2, 0.25) is 5.13 Å². The summed E-state index contributed by atoms with van der Waals surface area (Å²) < 4.78 is 16.4. The Hall–Kier alpha value is -3.06. The van der Waals surface area contributed by atoms with Crippen LogP contribution in [0.15, 0.2) is 52.9 Å². The van der Waals surface area contributed by atoms with E-state index in [0.29, 0.717) is 18.3 Å². The molecule has 3 aromatic rings. The van der Waals surface area contributed by atoms with Gasteiger partial charge in [-0.3, -0.25) is 5.43 Å². The number of hydrazone groups is 1. The highest BCUT2D eigenvalue weighted by Gasteiger charge is 2.06. The van der Waals surface area contributed by atoms with Crippen LogP contribution in [0.5, 0.6) is 17.2 Å². The molecule has 1 aromatic heterocycles. The zero-order valence-corrected chi connectivity index (χ0v) is 17.0. The molecule has 0 aliphatic heterocycles. The van der Waals surface area contributed by atoms with Crippen LogP contribution >= 0.6 is 11.3 Å². The van der Waals surface area contributed by atoms with E-state index in [1.54, 1.807) is 13.3 Å². The number of hydrogen-bond acceptors (Lipinski definition) is 7.